The zero-order chi connectivity index (χ0) is 21.3. The Kier molecular flexibility index (Phi) is 5.68. The van der Waals surface area contributed by atoms with Crippen molar-refractivity contribution in [3.8, 4) is 5.75 Å². The Hall–Kier alpha value is -2.62. The molecule has 1 fully saturated rings. The monoisotopic (exact) mass is 450 g/mol. The van der Waals surface area contributed by atoms with Crippen LogP contribution in [0.3, 0.4) is 0 Å². The third-order valence-corrected chi connectivity index (χ3v) is 6.75. The first-order chi connectivity index (χ1) is 14.3. The average molecular weight is 451 g/mol. The van der Waals surface area contributed by atoms with Crippen LogP contribution in [0.4, 0.5) is 10.1 Å². The Morgan fingerprint density at radius 3 is 2.63 bits per heavy atom. The molecular formula is C20H20ClFN4O3S. The molecule has 0 aliphatic carbocycles. The first-order valence-electron chi connectivity index (χ1n) is 9.24. The van der Waals surface area contributed by atoms with Crippen LogP contribution < -0.4 is 10.1 Å². The van der Waals surface area contributed by atoms with E-state index in [0.717, 1.165) is 5.69 Å². The van der Waals surface area contributed by atoms with Gasteiger partial charge in [0.25, 0.3) is 10.0 Å². The van der Waals surface area contributed by atoms with Crippen molar-refractivity contribution in [1.82, 2.24) is 13.9 Å². The second-order valence-electron chi connectivity index (χ2n) is 7.07. The first-order valence-corrected chi connectivity index (χ1v) is 11.1. The van der Waals surface area contributed by atoms with Gasteiger partial charge in [-0.2, -0.15) is 4.31 Å². The van der Waals surface area contributed by atoms with Crippen LogP contribution in [0.25, 0.3) is 0 Å². The molecule has 4 rings (SSSR count). The number of aryl methyl sites for hydroxylation is 1. The molecule has 2 heterocycles. The number of ether oxygens (including phenoxy) is 1. The third kappa shape index (κ3) is 4.43. The smallest absolute Gasteiger partial charge is 0.262 e. The number of imidazole rings is 1. The second-order valence-corrected chi connectivity index (χ2v) is 9.39. The van der Waals surface area contributed by atoms with Crippen molar-refractivity contribution < 1.29 is 17.5 Å². The zero-order valence-corrected chi connectivity index (χ0v) is 17.6. The van der Waals surface area contributed by atoms with Gasteiger partial charge in [0.05, 0.1) is 18.9 Å². The molecule has 0 radical (unpaired) electrons. The minimum Gasteiger partial charge on any atom is -0.487 e. The molecule has 7 nitrogen and oxygen atoms in total. The van der Waals surface area contributed by atoms with E-state index in [1.165, 1.54) is 41.1 Å². The third-order valence-electron chi connectivity index (χ3n) is 4.80. The molecule has 158 valence electrons. The fourth-order valence-corrected chi connectivity index (χ4v) is 4.96. The van der Waals surface area contributed by atoms with Crippen LogP contribution in [-0.2, 0) is 17.1 Å². The lowest BCUT2D eigenvalue weighted by molar-refractivity contribution is 0.206. The summed E-state index contributed by atoms with van der Waals surface area (Å²) in [6.45, 7) is 0.297. The summed E-state index contributed by atoms with van der Waals surface area (Å²) in [7, 11) is -2.08. The number of halogens is 2. The maximum atomic E-state index is 13.2. The van der Waals surface area contributed by atoms with E-state index in [0.29, 0.717) is 10.8 Å². The largest absolute Gasteiger partial charge is 0.487 e. The molecule has 2 atom stereocenters. The van der Waals surface area contributed by atoms with Crippen molar-refractivity contribution in [2.24, 2.45) is 7.05 Å². The number of nitrogens with one attached hydrogen (secondary N) is 1. The SMILES string of the molecule is Cn1cnc(S(=O)(=O)N2CC(Nc3cccc(Cl)c3)C(Oc3ccc(F)cc3)C2)c1. The molecule has 1 aliphatic heterocycles. The number of rotatable bonds is 6. The zero-order valence-electron chi connectivity index (χ0n) is 16.1. The highest BCUT2D eigenvalue weighted by atomic mass is 35.5. The topological polar surface area (TPSA) is 76.5 Å². The molecule has 2 unspecified atom stereocenters. The minimum atomic E-state index is -3.79. The average Bonchev–Trinajstić information content (AvgIpc) is 3.31. The molecule has 3 aromatic rings. The van der Waals surface area contributed by atoms with Crippen molar-refractivity contribution in [2.75, 3.05) is 18.4 Å². The summed E-state index contributed by atoms with van der Waals surface area (Å²) in [5.74, 6) is 0.0816. The highest BCUT2D eigenvalue weighted by Crippen LogP contribution is 2.27. The lowest BCUT2D eigenvalue weighted by Crippen LogP contribution is -2.36. The number of hydrogen-bond donors (Lipinski definition) is 1. The molecular weight excluding hydrogens is 431 g/mol. The quantitative estimate of drug-likeness (QED) is 0.624. The van der Waals surface area contributed by atoms with Crippen LogP contribution in [0, 0.1) is 5.82 Å². The van der Waals surface area contributed by atoms with Crippen LogP contribution in [0.5, 0.6) is 5.75 Å². The van der Waals surface area contributed by atoms with Gasteiger partial charge in [-0.15, -0.1) is 0 Å². The van der Waals surface area contributed by atoms with Crippen molar-refractivity contribution in [3.63, 3.8) is 0 Å². The molecule has 1 aromatic heterocycles. The van der Waals surface area contributed by atoms with E-state index >= 15 is 0 Å². The van der Waals surface area contributed by atoms with Crippen LogP contribution in [0.2, 0.25) is 5.02 Å². The minimum absolute atomic E-state index is 0.0195. The summed E-state index contributed by atoms with van der Waals surface area (Å²) < 4.78 is 48.2. The highest BCUT2D eigenvalue weighted by molar-refractivity contribution is 7.89. The number of aromatic nitrogens is 2. The number of hydrogen-bond acceptors (Lipinski definition) is 5. The molecule has 1 N–H and O–H groups in total. The molecule has 0 bridgehead atoms. The summed E-state index contributed by atoms with van der Waals surface area (Å²) in [5.41, 5.74) is 0.747. The van der Waals surface area contributed by atoms with Gasteiger partial charge in [0.2, 0.25) is 0 Å². The van der Waals surface area contributed by atoms with Crippen molar-refractivity contribution in [3.05, 3.63) is 71.9 Å². The Balaban J connectivity index is 1.59. The molecule has 30 heavy (non-hydrogen) atoms. The van der Waals surface area contributed by atoms with Crippen LogP contribution in [0.1, 0.15) is 0 Å². The fraction of sp³-hybridized carbons (Fsp3) is 0.250. The van der Waals surface area contributed by atoms with E-state index in [9.17, 15) is 12.8 Å². The highest BCUT2D eigenvalue weighted by Gasteiger charge is 2.41. The maximum Gasteiger partial charge on any atom is 0.262 e. The predicted octanol–water partition coefficient (Wildman–Crippen LogP) is 3.15. The van der Waals surface area contributed by atoms with E-state index in [-0.39, 0.29) is 30.0 Å². The molecule has 0 amide bonds. The standard InChI is InChI=1S/C20H20ClFN4O3S/c1-25-12-20(23-13-25)30(27,28)26-10-18(24-16-4-2-3-14(21)9-16)19(11-26)29-17-7-5-15(22)6-8-17/h2-9,12-13,18-19,24H,10-11H2,1H3. The van der Waals surface area contributed by atoms with Gasteiger partial charge in [-0.3, -0.25) is 0 Å². The first kappa shape index (κ1) is 20.6. The molecule has 0 saturated carbocycles. The summed E-state index contributed by atoms with van der Waals surface area (Å²) in [6.07, 6.45) is 2.40. The van der Waals surface area contributed by atoms with Crippen LogP contribution in [-0.4, -0.2) is 47.5 Å². The van der Waals surface area contributed by atoms with E-state index < -0.39 is 16.1 Å². The number of nitrogens with zero attached hydrogens (tertiary/aromatic N) is 3. The lowest BCUT2D eigenvalue weighted by atomic mass is 10.2. The Morgan fingerprint density at radius 1 is 1.20 bits per heavy atom. The Bertz CT molecular complexity index is 1140. The van der Waals surface area contributed by atoms with Gasteiger partial charge in [0.15, 0.2) is 5.03 Å². The summed E-state index contributed by atoms with van der Waals surface area (Å²) in [6, 6.07) is 12.4. The Labute approximate surface area is 179 Å². The van der Waals surface area contributed by atoms with E-state index in [2.05, 4.69) is 10.3 Å². The van der Waals surface area contributed by atoms with E-state index in [1.807, 2.05) is 6.07 Å². The van der Waals surface area contributed by atoms with Crippen molar-refractivity contribution in [2.45, 2.75) is 17.2 Å². The number of anilines is 1. The van der Waals surface area contributed by atoms with E-state index in [1.54, 1.807) is 29.8 Å². The Morgan fingerprint density at radius 2 is 1.97 bits per heavy atom. The lowest BCUT2D eigenvalue weighted by Gasteiger charge is -2.22. The van der Waals surface area contributed by atoms with Gasteiger partial charge in [0, 0.05) is 30.5 Å². The van der Waals surface area contributed by atoms with Gasteiger partial charge in [-0.05, 0) is 42.5 Å². The fourth-order valence-electron chi connectivity index (χ4n) is 3.33. The molecule has 2 aromatic carbocycles. The van der Waals surface area contributed by atoms with E-state index in [4.69, 9.17) is 16.3 Å². The number of sulfonamides is 1. The maximum absolute atomic E-state index is 13.2. The summed E-state index contributed by atoms with van der Waals surface area (Å²) in [5, 5.41) is 3.85. The van der Waals surface area contributed by atoms with Gasteiger partial charge in [0.1, 0.15) is 17.7 Å². The van der Waals surface area contributed by atoms with Gasteiger partial charge >= 0.3 is 0 Å². The predicted molar refractivity (Wildman–Crippen MR) is 112 cm³/mol. The molecule has 0 spiro atoms. The van der Waals surface area contributed by atoms with Gasteiger partial charge in [-0.1, -0.05) is 17.7 Å². The van der Waals surface area contributed by atoms with Crippen LogP contribution >= 0.6 is 11.6 Å². The molecule has 1 saturated heterocycles. The van der Waals surface area contributed by atoms with Gasteiger partial charge < -0.3 is 14.6 Å². The molecule has 1 aliphatic rings. The summed E-state index contributed by atoms with van der Waals surface area (Å²) >= 11 is 6.07. The normalized spacial score (nSPS) is 19.7. The van der Waals surface area contributed by atoms with Crippen molar-refractivity contribution >= 4 is 27.3 Å². The molecule has 10 heteroatoms. The number of benzene rings is 2. The van der Waals surface area contributed by atoms with Gasteiger partial charge in [-0.25, -0.2) is 17.8 Å². The van der Waals surface area contributed by atoms with Crippen LogP contribution in [0.15, 0.2) is 66.1 Å². The van der Waals surface area contributed by atoms with Crippen molar-refractivity contribution in [1.29, 1.82) is 0 Å². The second kappa shape index (κ2) is 8.25. The summed E-state index contributed by atoms with van der Waals surface area (Å²) in [4.78, 5) is 3.98.